The summed E-state index contributed by atoms with van der Waals surface area (Å²) in [7, 11) is 0. The first-order valence-electron chi connectivity index (χ1n) is 4.85. The second-order valence-electron chi connectivity index (χ2n) is 3.24. The van der Waals surface area contributed by atoms with Gasteiger partial charge in [0.25, 0.3) is 0 Å². The van der Waals surface area contributed by atoms with Crippen LogP contribution >= 0.6 is 0 Å². The zero-order valence-corrected chi connectivity index (χ0v) is 9.04. The van der Waals surface area contributed by atoms with Crippen molar-refractivity contribution >= 4 is 11.6 Å². The Morgan fingerprint density at radius 3 is 2.53 bits per heavy atom. The lowest BCUT2D eigenvalue weighted by molar-refractivity contribution is 0.292. The second kappa shape index (κ2) is 5.47. The van der Waals surface area contributed by atoms with Crippen molar-refractivity contribution < 1.29 is 5.11 Å². The highest BCUT2D eigenvalue weighted by Crippen LogP contribution is 2.18. The number of nitrogens with one attached hydrogen (secondary N) is 2. The zero-order chi connectivity index (χ0) is 11.3. The highest BCUT2D eigenvalue weighted by molar-refractivity contribution is 5.56. The number of aliphatic hydroxyl groups excluding tert-OH is 1. The Morgan fingerprint density at radius 2 is 1.93 bits per heavy atom. The van der Waals surface area contributed by atoms with Gasteiger partial charge in [-0.2, -0.15) is 0 Å². The van der Waals surface area contributed by atoms with Crippen LogP contribution in [0.2, 0.25) is 0 Å². The fraction of sp³-hybridized carbons (Fsp3) is 0.556. The van der Waals surface area contributed by atoms with Crippen LogP contribution in [0.15, 0.2) is 0 Å². The average molecular weight is 211 g/mol. The van der Waals surface area contributed by atoms with Crippen LogP contribution in [0.4, 0.5) is 11.6 Å². The number of anilines is 2. The van der Waals surface area contributed by atoms with Gasteiger partial charge in [0.2, 0.25) is 0 Å². The van der Waals surface area contributed by atoms with Crippen molar-refractivity contribution in [2.75, 3.05) is 23.9 Å². The Bertz CT molecular complexity index is 329. The highest BCUT2D eigenvalue weighted by Gasteiger charge is 2.07. The van der Waals surface area contributed by atoms with Gasteiger partial charge in [-0.05, 0) is 20.3 Å². The van der Waals surface area contributed by atoms with Crippen molar-refractivity contribution in [3.8, 4) is 0 Å². The van der Waals surface area contributed by atoms with E-state index < -0.39 is 0 Å². The van der Waals surface area contributed by atoms with E-state index in [0.29, 0.717) is 24.6 Å². The summed E-state index contributed by atoms with van der Waals surface area (Å²) in [4.78, 5) is 8.40. The fourth-order valence-corrected chi connectivity index (χ4v) is 1.23. The summed E-state index contributed by atoms with van der Waals surface area (Å²) in [5.74, 6) is 7.36. The van der Waals surface area contributed by atoms with Crippen molar-refractivity contribution in [2.45, 2.75) is 20.3 Å². The predicted molar refractivity (Wildman–Crippen MR) is 59.5 cm³/mol. The van der Waals surface area contributed by atoms with Crippen molar-refractivity contribution in [3.05, 3.63) is 11.4 Å². The minimum atomic E-state index is 0.165. The summed E-state index contributed by atoms with van der Waals surface area (Å²) in [6.45, 7) is 4.53. The summed E-state index contributed by atoms with van der Waals surface area (Å²) in [6, 6.07) is 0. The minimum absolute atomic E-state index is 0.165. The number of nitrogens with two attached hydrogens (primary N) is 1. The predicted octanol–water partition coefficient (Wildman–Crippen LogP) is 0.173. The monoisotopic (exact) mass is 211 g/mol. The summed E-state index contributed by atoms with van der Waals surface area (Å²) in [5, 5.41) is 11.8. The molecule has 15 heavy (non-hydrogen) atoms. The molecule has 1 aromatic heterocycles. The molecule has 0 aliphatic heterocycles. The molecule has 1 aromatic rings. The molecular formula is C9H17N5O. The maximum Gasteiger partial charge on any atom is 0.148 e. The van der Waals surface area contributed by atoms with Crippen molar-refractivity contribution in [1.82, 2.24) is 9.97 Å². The van der Waals surface area contributed by atoms with Crippen molar-refractivity contribution in [2.24, 2.45) is 5.84 Å². The largest absolute Gasteiger partial charge is 0.396 e. The van der Waals surface area contributed by atoms with Crippen LogP contribution in [0.1, 0.15) is 17.8 Å². The van der Waals surface area contributed by atoms with Crippen LogP contribution in [0.3, 0.4) is 0 Å². The third kappa shape index (κ3) is 3.03. The third-order valence-electron chi connectivity index (χ3n) is 2.02. The van der Waals surface area contributed by atoms with E-state index in [-0.39, 0.29) is 6.61 Å². The van der Waals surface area contributed by atoms with Gasteiger partial charge in [-0.3, -0.25) is 0 Å². The standard InChI is InChI=1S/C9H17N5O/c1-6-8(11-4-3-5-15)12-7(2)13-9(6)14-10/h15H,3-5,10H2,1-2H3,(H2,11,12,13,14). The average Bonchev–Trinajstić information content (AvgIpc) is 2.23. The Kier molecular flexibility index (Phi) is 4.26. The molecule has 0 saturated heterocycles. The van der Waals surface area contributed by atoms with E-state index in [9.17, 15) is 0 Å². The maximum absolute atomic E-state index is 8.66. The van der Waals surface area contributed by atoms with Gasteiger partial charge < -0.3 is 15.8 Å². The molecule has 5 N–H and O–H groups in total. The summed E-state index contributed by atoms with van der Waals surface area (Å²) >= 11 is 0. The Hall–Kier alpha value is -1.40. The first kappa shape index (κ1) is 11.7. The van der Waals surface area contributed by atoms with Gasteiger partial charge in [0.05, 0.1) is 0 Å². The molecule has 0 amide bonds. The van der Waals surface area contributed by atoms with Gasteiger partial charge in [0.15, 0.2) is 0 Å². The van der Waals surface area contributed by atoms with Crippen LogP contribution in [-0.2, 0) is 0 Å². The molecule has 0 radical (unpaired) electrons. The molecule has 0 aliphatic carbocycles. The Balaban J connectivity index is 2.81. The molecule has 0 fully saturated rings. The quantitative estimate of drug-likeness (QED) is 0.315. The number of rotatable bonds is 5. The van der Waals surface area contributed by atoms with E-state index in [1.54, 1.807) is 6.92 Å². The molecule has 6 heteroatoms. The van der Waals surface area contributed by atoms with E-state index in [0.717, 1.165) is 11.4 Å². The Labute approximate surface area is 88.9 Å². The smallest absolute Gasteiger partial charge is 0.148 e. The molecule has 0 atom stereocenters. The molecule has 0 unspecified atom stereocenters. The lowest BCUT2D eigenvalue weighted by Gasteiger charge is -2.11. The number of aliphatic hydroxyl groups is 1. The first-order valence-corrected chi connectivity index (χ1v) is 4.85. The number of nitrogens with zero attached hydrogens (tertiary/aromatic N) is 2. The molecule has 0 saturated carbocycles. The van der Waals surface area contributed by atoms with Gasteiger partial charge in [0.1, 0.15) is 17.5 Å². The SMILES string of the molecule is Cc1nc(NN)c(C)c(NCCCO)n1. The van der Waals surface area contributed by atoms with E-state index >= 15 is 0 Å². The summed E-state index contributed by atoms with van der Waals surface area (Å²) in [5.41, 5.74) is 3.40. The van der Waals surface area contributed by atoms with E-state index in [1.165, 1.54) is 0 Å². The molecule has 84 valence electrons. The van der Waals surface area contributed by atoms with Gasteiger partial charge >= 0.3 is 0 Å². The summed E-state index contributed by atoms with van der Waals surface area (Å²) in [6.07, 6.45) is 0.688. The van der Waals surface area contributed by atoms with E-state index in [2.05, 4.69) is 20.7 Å². The first-order chi connectivity index (χ1) is 7.19. The molecule has 0 bridgehead atoms. The van der Waals surface area contributed by atoms with Gasteiger partial charge in [0, 0.05) is 18.7 Å². The molecule has 0 spiro atoms. The Morgan fingerprint density at radius 1 is 1.27 bits per heavy atom. The number of hydrazine groups is 1. The third-order valence-corrected chi connectivity index (χ3v) is 2.02. The number of nitrogen functional groups attached to an aromatic ring is 1. The van der Waals surface area contributed by atoms with E-state index in [4.69, 9.17) is 10.9 Å². The van der Waals surface area contributed by atoms with Crippen LogP contribution in [0, 0.1) is 13.8 Å². The maximum atomic E-state index is 8.66. The molecule has 6 nitrogen and oxygen atoms in total. The number of aromatic nitrogens is 2. The normalized spacial score (nSPS) is 10.1. The molecule has 0 aromatic carbocycles. The van der Waals surface area contributed by atoms with Crippen LogP contribution in [-0.4, -0.2) is 28.2 Å². The van der Waals surface area contributed by atoms with Gasteiger partial charge in [-0.25, -0.2) is 15.8 Å². The number of aryl methyl sites for hydroxylation is 1. The number of hydrogen-bond donors (Lipinski definition) is 4. The van der Waals surface area contributed by atoms with Gasteiger partial charge in [-0.1, -0.05) is 0 Å². The lowest BCUT2D eigenvalue weighted by atomic mass is 10.3. The minimum Gasteiger partial charge on any atom is -0.396 e. The second-order valence-corrected chi connectivity index (χ2v) is 3.24. The lowest BCUT2D eigenvalue weighted by Crippen LogP contribution is -2.14. The molecular weight excluding hydrogens is 194 g/mol. The van der Waals surface area contributed by atoms with Crippen LogP contribution < -0.4 is 16.6 Å². The highest BCUT2D eigenvalue weighted by atomic mass is 16.3. The van der Waals surface area contributed by atoms with Crippen LogP contribution in [0.5, 0.6) is 0 Å². The number of hydrogen-bond acceptors (Lipinski definition) is 6. The molecule has 0 aliphatic rings. The fourth-order valence-electron chi connectivity index (χ4n) is 1.23. The summed E-state index contributed by atoms with van der Waals surface area (Å²) < 4.78 is 0. The van der Waals surface area contributed by atoms with Gasteiger partial charge in [-0.15, -0.1) is 0 Å². The topological polar surface area (TPSA) is 96.1 Å². The van der Waals surface area contributed by atoms with Crippen molar-refractivity contribution in [1.29, 1.82) is 0 Å². The molecule has 1 rings (SSSR count). The zero-order valence-electron chi connectivity index (χ0n) is 9.04. The molecule has 1 heterocycles. The van der Waals surface area contributed by atoms with Crippen LogP contribution in [0.25, 0.3) is 0 Å². The van der Waals surface area contributed by atoms with E-state index in [1.807, 2.05) is 6.92 Å². The van der Waals surface area contributed by atoms with Crippen molar-refractivity contribution in [3.63, 3.8) is 0 Å².